The zero-order chi connectivity index (χ0) is 23.8. The molecule has 0 aliphatic heterocycles. The Morgan fingerprint density at radius 1 is 0.647 bits per heavy atom. The van der Waals surface area contributed by atoms with Crippen LogP contribution < -0.4 is 11.5 Å². The fourth-order valence-electron chi connectivity index (χ4n) is 4.49. The van der Waals surface area contributed by atoms with Gasteiger partial charge in [0, 0.05) is 22.1 Å². The van der Waals surface area contributed by atoms with Gasteiger partial charge in [0.05, 0.1) is 22.8 Å². The predicted molar refractivity (Wildman–Crippen MR) is 138 cm³/mol. The van der Waals surface area contributed by atoms with E-state index in [4.69, 9.17) is 33.3 Å². The van der Waals surface area contributed by atoms with Gasteiger partial charge in [-0.15, -0.1) is 0 Å². The molecule has 170 valence electrons. The summed E-state index contributed by atoms with van der Waals surface area (Å²) in [5, 5.41) is 10.2. The number of nitrogens with two attached hydrogens (primary N) is 2. The number of nitrogen functional groups attached to an aromatic ring is 2. The van der Waals surface area contributed by atoms with Crippen LogP contribution in [0.15, 0.2) is 84.9 Å². The topological polar surface area (TPSA) is 87.7 Å². The number of aryl methyl sites for hydroxylation is 2. The molecule has 5 aromatic rings. The average molecular weight is 469 g/mol. The fraction of sp³-hybridized carbons (Fsp3) is 0.111. The van der Waals surface area contributed by atoms with E-state index in [0.717, 1.165) is 39.5 Å². The van der Waals surface area contributed by atoms with E-state index in [2.05, 4.69) is 0 Å². The molecular formula is C27H25ClN6. The van der Waals surface area contributed by atoms with E-state index < -0.39 is 0 Å². The summed E-state index contributed by atoms with van der Waals surface area (Å²) < 4.78 is 3.56. The zero-order valence-corrected chi connectivity index (χ0v) is 19.7. The molecule has 3 aromatic carbocycles. The minimum atomic E-state index is -0.271. The molecule has 0 unspecified atom stereocenters. The molecule has 34 heavy (non-hydrogen) atoms. The van der Waals surface area contributed by atoms with E-state index in [1.54, 1.807) is 9.36 Å². The van der Waals surface area contributed by atoms with Gasteiger partial charge in [0.15, 0.2) is 0 Å². The van der Waals surface area contributed by atoms with Crippen LogP contribution in [0.4, 0.5) is 11.6 Å². The molecule has 4 N–H and O–H groups in total. The maximum Gasteiger partial charge on any atom is 0.131 e. The molecule has 0 aliphatic carbocycles. The minimum Gasteiger partial charge on any atom is -0.383 e. The lowest BCUT2D eigenvalue weighted by molar-refractivity contribution is 0.871. The number of anilines is 2. The van der Waals surface area contributed by atoms with Crippen LogP contribution in [0.25, 0.3) is 11.4 Å². The van der Waals surface area contributed by atoms with E-state index >= 15 is 0 Å². The molecule has 0 aliphatic rings. The molecule has 0 bridgehead atoms. The first-order valence-electron chi connectivity index (χ1n) is 11.0. The molecule has 0 radical (unpaired) electrons. The number of rotatable bonds is 5. The molecule has 7 heteroatoms. The number of para-hydroxylation sites is 2. The van der Waals surface area contributed by atoms with E-state index in [0.29, 0.717) is 16.7 Å². The standard InChI is InChI=1S/C27H25ClN6/c1-17-23(26(29)33(31-17)21-9-5-3-6-10-21)25(19-13-15-20(28)16-14-19)24-18(2)32-34(27(24)30)22-11-7-4-8-12-22/h3-16,25H,29-30H2,1-2H3. The number of hydrogen-bond donors (Lipinski definition) is 2. The Morgan fingerprint density at radius 2 is 1.06 bits per heavy atom. The highest BCUT2D eigenvalue weighted by Crippen LogP contribution is 2.42. The number of nitrogens with zero attached hydrogens (tertiary/aromatic N) is 4. The van der Waals surface area contributed by atoms with Gasteiger partial charge in [-0.05, 0) is 55.8 Å². The van der Waals surface area contributed by atoms with Crippen molar-refractivity contribution >= 4 is 23.2 Å². The van der Waals surface area contributed by atoms with Crippen LogP contribution >= 0.6 is 11.6 Å². The second-order valence-electron chi connectivity index (χ2n) is 8.25. The summed E-state index contributed by atoms with van der Waals surface area (Å²) in [5.41, 5.74) is 19.8. The van der Waals surface area contributed by atoms with Gasteiger partial charge in [-0.2, -0.15) is 10.2 Å². The van der Waals surface area contributed by atoms with E-state index in [-0.39, 0.29) is 5.92 Å². The summed E-state index contributed by atoms with van der Waals surface area (Å²) in [7, 11) is 0. The molecule has 0 saturated carbocycles. The number of benzene rings is 3. The normalized spacial score (nSPS) is 11.3. The van der Waals surface area contributed by atoms with Crippen LogP contribution in [0, 0.1) is 13.8 Å². The first-order chi connectivity index (χ1) is 16.5. The second kappa shape index (κ2) is 8.72. The average Bonchev–Trinajstić information content (AvgIpc) is 3.32. The Labute approximate surface area is 203 Å². The van der Waals surface area contributed by atoms with Gasteiger partial charge < -0.3 is 11.5 Å². The van der Waals surface area contributed by atoms with Crippen LogP contribution in [0.2, 0.25) is 5.02 Å². The summed E-state index contributed by atoms with van der Waals surface area (Å²) in [4.78, 5) is 0. The van der Waals surface area contributed by atoms with Crippen LogP contribution in [-0.4, -0.2) is 19.6 Å². The van der Waals surface area contributed by atoms with Crippen molar-refractivity contribution in [2.75, 3.05) is 11.5 Å². The van der Waals surface area contributed by atoms with Crippen LogP contribution in [0.5, 0.6) is 0 Å². The van der Waals surface area contributed by atoms with Crippen molar-refractivity contribution in [2.24, 2.45) is 0 Å². The van der Waals surface area contributed by atoms with Crippen molar-refractivity contribution < 1.29 is 0 Å². The van der Waals surface area contributed by atoms with Crippen molar-refractivity contribution in [3.8, 4) is 11.4 Å². The predicted octanol–water partition coefficient (Wildman–Crippen LogP) is 5.67. The maximum atomic E-state index is 6.77. The lowest BCUT2D eigenvalue weighted by Gasteiger charge is -2.20. The smallest absolute Gasteiger partial charge is 0.131 e. The van der Waals surface area contributed by atoms with Gasteiger partial charge in [0.25, 0.3) is 0 Å². The summed E-state index contributed by atoms with van der Waals surface area (Å²) in [5.74, 6) is 0.858. The Hall–Kier alpha value is -4.03. The van der Waals surface area contributed by atoms with Gasteiger partial charge in [-0.1, -0.05) is 60.1 Å². The second-order valence-corrected chi connectivity index (χ2v) is 8.68. The van der Waals surface area contributed by atoms with Gasteiger partial charge in [0.1, 0.15) is 11.6 Å². The van der Waals surface area contributed by atoms with Crippen LogP contribution in [0.1, 0.15) is 34.0 Å². The lowest BCUT2D eigenvalue weighted by atomic mass is 9.84. The van der Waals surface area contributed by atoms with Crippen molar-refractivity contribution in [1.29, 1.82) is 0 Å². The molecule has 0 fully saturated rings. The largest absolute Gasteiger partial charge is 0.383 e. The highest BCUT2D eigenvalue weighted by atomic mass is 35.5. The zero-order valence-electron chi connectivity index (χ0n) is 19.0. The molecule has 0 saturated heterocycles. The van der Waals surface area contributed by atoms with Gasteiger partial charge in [0.2, 0.25) is 0 Å². The van der Waals surface area contributed by atoms with Crippen molar-refractivity contribution in [1.82, 2.24) is 19.6 Å². The van der Waals surface area contributed by atoms with Gasteiger partial charge in [-0.3, -0.25) is 0 Å². The molecular weight excluding hydrogens is 444 g/mol. The molecule has 0 atom stereocenters. The van der Waals surface area contributed by atoms with Crippen molar-refractivity contribution in [3.63, 3.8) is 0 Å². The van der Waals surface area contributed by atoms with Crippen molar-refractivity contribution in [2.45, 2.75) is 19.8 Å². The lowest BCUT2D eigenvalue weighted by Crippen LogP contribution is -2.11. The minimum absolute atomic E-state index is 0.271. The van der Waals surface area contributed by atoms with Crippen LogP contribution in [-0.2, 0) is 0 Å². The number of halogens is 1. The molecule has 5 rings (SSSR count). The van der Waals surface area contributed by atoms with E-state index in [9.17, 15) is 0 Å². The summed E-state index contributed by atoms with van der Waals surface area (Å²) in [6, 6.07) is 27.5. The van der Waals surface area contributed by atoms with Crippen LogP contribution in [0.3, 0.4) is 0 Å². The molecule has 0 spiro atoms. The summed E-state index contributed by atoms with van der Waals surface area (Å²) in [6.07, 6.45) is 0. The summed E-state index contributed by atoms with van der Waals surface area (Å²) >= 11 is 6.22. The Morgan fingerprint density at radius 3 is 1.47 bits per heavy atom. The highest BCUT2D eigenvalue weighted by molar-refractivity contribution is 6.30. The first kappa shape index (κ1) is 21.8. The Balaban J connectivity index is 1.75. The van der Waals surface area contributed by atoms with Gasteiger partial charge >= 0.3 is 0 Å². The Kier molecular flexibility index (Phi) is 5.59. The van der Waals surface area contributed by atoms with E-state index in [1.807, 2.05) is 98.8 Å². The van der Waals surface area contributed by atoms with E-state index in [1.165, 1.54) is 0 Å². The third kappa shape index (κ3) is 3.72. The monoisotopic (exact) mass is 468 g/mol. The molecule has 6 nitrogen and oxygen atoms in total. The molecule has 2 heterocycles. The third-order valence-corrected chi connectivity index (χ3v) is 6.32. The van der Waals surface area contributed by atoms with Gasteiger partial charge in [-0.25, -0.2) is 9.36 Å². The maximum absolute atomic E-state index is 6.77. The molecule has 2 aromatic heterocycles. The number of hydrogen-bond acceptors (Lipinski definition) is 4. The molecule has 0 amide bonds. The summed E-state index contributed by atoms with van der Waals surface area (Å²) in [6.45, 7) is 3.95. The first-order valence-corrected chi connectivity index (χ1v) is 11.4. The van der Waals surface area contributed by atoms with Crippen molar-refractivity contribution in [3.05, 3.63) is 118 Å². The fourth-order valence-corrected chi connectivity index (χ4v) is 4.62. The Bertz CT molecular complexity index is 1350. The number of aromatic nitrogens is 4. The third-order valence-electron chi connectivity index (χ3n) is 6.07. The highest BCUT2D eigenvalue weighted by Gasteiger charge is 2.31. The SMILES string of the molecule is Cc1nn(-c2ccccc2)c(N)c1C(c1ccc(Cl)cc1)c1c(C)nn(-c2ccccc2)c1N. The quantitative estimate of drug-likeness (QED) is 0.347.